The van der Waals surface area contributed by atoms with Gasteiger partial charge < -0.3 is 10.6 Å². The minimum absolute atomic E-state index is 0.523. The van der Waals surface area contributed by atoms with Crippen molar-refractivity contribution in [3.8, 4) is 0 Å². The zero-order valence-corrected chi connectivity index (χ0v) is 11.6. The molecule has 1 aliphatic carbocycles. The molecule has 1 aliphatic heterocycles. The Hall–Kier alpha value is -2.10. The smallest absolute Gasteiger partial charge is 0.141 e. The number of anilines is 3. The number of hydrogen-bond acceptors (Lipinski definition) is 4. The normalized spacial score (nSPS) is 17.4. The highest BCUT2D eigenvalue weighted by Gasteiger charge is 2.30. The van der Waals surface area contributed by atoms with E-state index in [2.05, 4.69) is 34.1 Å². The van der Waals surface area contributed by atoms with Crippen LogP contribution in [-0.4, -0.2) is 16.5 Å². The van der Waals surface area contributed by atoms with Gasteiger partial charge in [0, 0.05) is 23.7 Å². The van der Waals surface area contributed by atoms with Gasteiger partial charge in [-0.1, -0.05) is 18.2 Å². The van der Waals surface area contributed by atoms with E-state index in [1.165, 1.54) is 24.1 Å². The monoisotopic (exact) mass is 266 g/mol. The molecule has 0 radical (unpaired) electrons. The molecule has 2 N–H and O–H groups in total. The van der Waals surface area contributed by atoms with Gasteiger partial charge in [0.15, 0.2) is 0 Å². The third-order valence-electron chi connectivity index (χ3n) is 4.26. The van der Waals surface area contributed by atoms with Crippen LogP contribution in [0.2, 0.25) is 0 Å². The average Bonchev–Trinajstić information content (AvgIpc) is 3.22. The number of benzene rings is 1. The van der Waals surface area contributed by atoms with Gasteiger partial charge in [-0.05, 0) is 37.8 Å². The van der Waals surface area contributed by atoms with Crippen LogP contribution in [0, 0.1) is 6.92 Å². The molecule has 4 rings (SSSR count). The topological polar surface area (TPSA) is 55.0 Å². The minimum Gasteiger partial charge on any atom is -0.383 e. The Balaban J connectivity index is 1.82. The Labute approximate surface area is 118 Å². The van der Waals surface area contributed by atoms with E-state index in [1.54, 1.807) is 0 Å². The van der Waals surface area contributed by atoms with Crippen LogP contribution in [0.3, 0.4) is 0 Å². The highest BCUT2D eigenvalue weighted by Crippen LogP contribution is 2.41. The lowest BCUT2D eigenvalue weighted by Gasteiger charge is -2.21. The zero-order chi connectivity index (χ0) is 13.7. The van der Waals surface area contributed by atoms with Crippen LogP contribution >= 0.6 is 0 Å². The molecule has 1 aromatic heterocycles. The van der Waals surface area contributed by atoms with Gasteiger partial charge in [0.05, 0.1) is 0 Å². The van der Waals surface area contributed by atoms with E-state index in [0.717, 1.165) is 30.2 Å². The Kier molecular flexibility index (Phi) is 2.46. The molecule has 4 heteroatoms. The van der Waals surface area contributed by atoms with E-state index in [1.807, 2.05) is 6.92 Å². The third-order valence-corrected chi connectivity index (χ3v) is 4.26. The van der Waals surface area contributed by atoms with Crippen molar-refractivity contribution in [1.82, 2.24) is 9.97 Å². The molecule has 0 atom stereocenters. The number of nitrogens with two attached hydrogens (primary N) is 1. The van der Waals surface area contributed by atoms with Crippen molar-refractivity contribution in [3.05, 3.63) is 41.2 Å². The minimum atomic E-state index is 0.523. The van der Waals surface area contributed by atoms with Crippen LogP contribution in [-0.2, 0) is 6.42 Å². The lowest BCUT2D eigenvalue weighted by Crippen LogP contribution is -2.18. The summed E-state index contributed by atoms with van der Waals surface area (Å²) in [5.74, 6) is 3.06. The Bertz CT molecular complexity index is 676. The van der Waals surface area contributed by atoms with Crippen molar-refractivity contribution in [2.24, 2.45) is 0 Å². The first-order chi connectivity index (χ1) is 9.74. The molecule has 2 aromatic rings. The summed E-state index contributed by atoms with van der Waals surface area (Å²) in [5.41, 5.74) is 9.73. The fraction of sp³-hybridized carbons (Fsp3) is 0.375. The Morgan fingerprint density at radius 2 is 2.00 bits per heavy atom. The highest BCUT2D eigenvalue weighted by molar-refractivity contribution is 5.71. The maximum Gasteiger partial charge on any atom is 0.141 e. The number of nitrogens with zero attached hydrogens (tertiary/aromatic N) is 3. The first-order valence-electron chi connectivity index (χ1n) is 7.23. The average molecular weight is 266 g/mol. The summed E-state index contributed by atoms with van der Waals surface area (Å²) in [4.78, 5) is 11.6. The van der Waals surface area contributed by atoms with E-state index in [-0.39, 0.29) is 0 Å². The summed E-state index contributed by atoms with van der Waals surface area (Å²) < 4.78 is 0. The maximum atomic E-state index is 6.10. The summed E-state index contributed by atoms with van der Waals surface area (Å²) >= 11 is 0. The largest absolute Gasteiger partial charge is 0.383 e. The van der Waals surface area contributed by atoms with Crippen LogP contribution in [0.15, 0.2) is 24.3 Å². The van der Waals surface area contributed by atoms with Crippen LogP contribution < -0.4 is 10.6 Å². The van der Waals surface area contributed by atoms with Crippen molar-refractivity contribution >= 4 is 17.3 Å². The first-order valence-corrected chi connectivity index (χ1v) is 7.23. The molecule has 4 nitrogen and oxygen atoms in total. The molecule has 20 heavy (non-hydrogen) atoms. The number of rotatable bonds is 2. The van der Waals surface area contributed by atoms with Crippen molar-refractivity contribution in [2.75, 3.05) is 17.2 Å². The number of para-hydroxylation sites is 1. The number of hydrogen-bond donors (Lipinski definition) is 1. The van der Waals surface area contributed by atoms with Gasteiger partial charge in [-0.2, -0.15) is 0 Å². The van der Waals surface area contributed by atoms with Crippen molar-refractivity contribution in [2.45, 2.75) is 32.1 Å². The summed E-state index contributed by atoms with van der Waals surface area (Å²) in [6.07, 6.45) is 3.45. The molecular weight excluding hydrogens is 248 g/mol. The van der Waals surface area contributed by atoms with Gasteiger partial charge in [-0.25, -0.2) is 9.97 Å². The lowest BCUT2D eigenvalue weighted by molar-refractivity contribution is 0.888. The molecule has 1 aromatic carbocycles. The second-order valence-electron chi connectivity index (χ2n) is 5.72. The molecule has 0 bridgehead atoms. The second kappa shape index (κ2) is 4.20. The van der Waals surface area contributed by atoms with Crippen molar-refractivity contribution in [3.63, 3.8) is 0 Å². The SMILES string of the molecule is Cc1c(N)nc(C2CC2)nc1N1CCc2ccccc21. The maximum absolute atomic E-state index is 6.10. The Morgan fingerprint density at radius 1 is 1.20 bits per heavy atom. The third kappa shape index (κ3) is 1.75. The van der Waals surface area contributed by atoms with E-state index < -0.39 is 0 Å². The van der Waals surface area contributed by atoms with E-state index in [9.17, 15) is 0 Å². The van der Waals surface area contributed by atoms with Crippen LogP contribution in [0.4, 0.5) is 17.3 Å². The van der Waals surface area contributed by atoms with Crippen LogP contribution in [0.5, 0.6) is 0 Å². The summed E-state index contributed by atoms with van der Waals surface area (Å²) in [5, 5.41) is 0. The standard InChI is InChI=1S/C16H18N4/c1-10-14(17)18-15(12-6-7-12)19-16(10)20-9-8-11-4-2-3-5-13(11)20/h2-5,12H,6-9H2,1H3,(H2,17,18,19). The highest BCUT2D eigenvalue weighted by atomic mass is 15.2. The summed E-state index contributed by atoms with van der Waals surface area (Å²) in [7, 11) is 0. The molecule has 1 fully saturated rings. The molecule has 102 valence electrons. The zero-order valence-electron chi connectivity index (χ0n) is 11.6. The van der Waals surface area contributed by atoms with Gasteiger partial charge in [0.1, 0.15) is 17.5 Å². The fourth-order valence-electron chi connectivity index (χ4n) is 2.88. The van der Waals surface area contributed by atoms with Gasteiger partial charge in [0.25, 0.3) is 0 Å². The molecule has 0 unspecified atom stereocenters. The number of fused-ring (bicyclic) bond motifs is 1. The van der Waals surface area contributed by atoms with E-state index in [0.29, 0.717) is 11.7 Å². The molecule has 0 saturated heterocycles. The predicted molar refractivity (Wildman–Crippen MR) is 80.3 cm³/mol. The van der Waals surface area contributed by atoms with Gasteiger partial charge in [0.2, 0.25) is 0 Å². The molecule has 2 heterocycles. The van der Waals surface area contributed by atoms with Crippen molar-refractivity contribution in [1.29, 1.82) is 0 Å². The van der Waals surface area contributed by atoms with Gasteiger partial charge in [-0.3, -0.25) is 0 Å². The number of aromatic nitrogens is 2. The molecule has 2 aliphatic rings. The van der Waals surface area contributed by atoms with Gasteiger partial charge in [-0.15, -0.1) is 0 Å². The Morgan fingerprint density at radius 3 is 2.80 bits per heavy atom. The number of nitrogen functional groups attached to an aromatic ring is 1. The van der Waals surface area contributed by atoms with Gasteiger partial charge >= 0.3 is 0 Å². The summed E-state index contributed by atoms with van der Waals surface area (Å²) in [6.45, 7) is 2.99. The molecular formula is C16H18N4. The van der Waals surface area contributed by atoms with E-state index in [4.69, 9.17) is 10.7 Å². The molecule has 0 amide bonds. The fourth-order valence-corrected chi connectivity index (χ4v) is 2.88. The molecule has 1 saturated carbocycles. The van der Waals surface area contributed by atoms with E-state index >= 15 is 0 Å². The molecule has 0 spiro atoms. The lowest BCUT2D eigenvalue weighted by atomic mass is 10.2. The first kappa shape index (κ1) is 11.7. The van der Waals surface area contributed by atoms with Crippen LogP contribution in [0.1, 0.15) is 35.7 Å². The van der Waals surface area contributed by atoms with Crippen LogP contribution in [0.25, 0.3) is 0 Å². The predicted octanol–water partition coefficient (Wildman–Crippen LogP) is 2.94. The van der Waals surface area contributed by atoms with Crippen molar-refractivity contribution < 1.29 is 0 Å². The second-order valence-corrected chi connectivity index (χ2v) is 5.72. The quantitative estimate of drug-likeness (QED) is 0.908. The summed E-state index contributed by atoms with van der Waals surface area (Å²) in [6, 6.07) is 8.53.